The number of nitrogens with zero attached hydrogens (tertiary/aromatic N) is 1. The fraction of sp³-hybridized carbons (Fsp3) is 0.143. The van der Waals surface area contributed by atoms with Crippen molar-refractivity contribution in [2.75, 3.05) is 12.4 Å². The van der Waals surface area contributed by atoms with Gasteiger partial charge >= 0.3 is 0 Å². The molecule has 2 rings (SSSR count). The molecule has 1 aromatic heterocycles. The van der Waals surface area contributed by atoms with Crippen LogP contribution in [0.4, 0.5) is 5.69 Å². The third kappa shape index (κ3) is 3.29. The van der Waals surface area contributed by atoms with Crippen LogP contribution in [0.1, 0.15) is 16.1 Å². The zero-order chi connectivity index (χ0) is 14.7. The second kappa shape index (κ2) is 6.24. The van der Waals surface area contributed by atoms with Crippen molar-refractivity contribution in [3.63, 3.8) is 0 Å². The minimum absolute atomic E-state index is 0.295. The molecule has 4 nitrogen and oxygen atoms in total. The van der Waals surface area contributed by atoms with Crippen molar-refractivity contribution in [3.05, 3.63) is 51.2 Å². The maximum absolute atomic E-state index is 12.3. The van der Waals surface area contributed by atoms with Gasteiger partial charge in [-0.2, -0.15) is 0 Å². The van der Waals surface area contributed by atoms with Crippen LogP contribution in [0, 0.1) is 6.92 Å². The maximum atomic E-state index is 12.3. The lowest BCUT2D eigenvalue weighted by molar-refractivity contribution is 0.102. The summed E-state index contributed by atoms with van der Waals surface area (Å²) < 4.78 is 5.88. The monoisotopic (exact) mass is 354 g/mol. The number of hydrogen-bond donors (Lipinski definition) is 1. The average molecular weight is 356 g/mol. The molecule has 0 saturated carbocycles. The van der Waals surface area contributed by atoms with Crippen molar-refractivity contribution in [1.82, 2.24) is 4.98 Å². The highest BCUT2D eigenvalue weighted by molar-refractivity contribution is 9.10. The molecule has 6 heteroatoms. The Morgan fingerprint density at radius 2 is 2.10 bits per heavy atom. The van der Waals surface area contributed by atoms with E-state index >= 15 is 0 Å². The fourth-order valence-corrected chi connectivity index (χ4v) is 2.28. The maximum Gasteiger partial charge on any atom is 0.259 e. The second-order valence-corrected chi connectivity index (χ2v) is 5.31. The van der Waals surface area contributed by atoms with Crippen LogP contribution in [0.25, 0.3) is 0 Å². The molecule has 0 spiro atoms. The van der Waals surface area contributed by atoms with Crippen LogP contribution in [0.2, 0.25) is 5.02 Å². The predicted octanol–water partition coefficient (Wildman–Crippen LogP) is 4.07. The fourth-order valence-electron chi connectivity index (χ4n) is 1.71. The van der Waals surface area contributed by atoms with Crippen molar-refractivity contribution in [2.45, 2.75) is 6.92 Å². The zero-order valence-electron chi connectivity index (χ0n) is 10.9. The van der Waals surface area contributed by atoms with E-state index < -0.39 is 0 Å². The quantitative estimate of drug-likeness (QED) is 0.845. The molecule has 0 aliphatic rings. The first-order valence-corrected chi connectivity index (χ1v) is 6.96. The molecule has 1 amide bonds. The van der Waals surface area contributed by atoms with Gasteiger partial charge in [-0.1, -0.05) is 11.6 Å². The van der Waals surface area contributed by atoms with Gasteiger partial charge < -0.3 is 10.1 Å². The highest BCUT2D eigenvalue weighted by atomic mass is 79.9. The van der Waals surface area contributed by atoms with E-state index in [-0.39, 0.29) is 5.91 Å². The number of carbonyl (C=O) groups excluding carboxylic acids is 1. The van der Waals surface area contributed by atoms with Crippen molar-refractivity contribution < 1.29 is 9.53 Å². The summed E-state index contributed by atoms with van der Waals surface area (Å²) in [4.78, 5) is 16.5. The van der Waals surface area contributed by atoms with Crippen LogP contribution in [0.5, 0.6) is 5.75 Å². The van der Waals surface area contributed by atoms with Gasteiger partial charge in [-0.15, -0.1) is 0 Å². The summed E-state index contributed by atoms with van der Waals surface area (Å²) in [5.41, 5.74) is 1.73. The van der Waals surface area contributed by atoms with Crippen molar-refractivity contribution in [2.24, 2.45) is 0 Å². The first kappa shape index (κ1) is 14.8. The molecule has 0 saturated heterocycles. The number of anilines is 1. The van der Waals surface area contributed by atoms with E-state index in [4.69, 9.17) is 16.3 Å². The number of ether oxygens (including phenoxy) is 1. The number of amides is 1. The minimum Gasteiger partial charge on any atom is -0.496 e. The Morgan fingerprint density at radius 3 is 2.75 bits per heavy atom. The molecule has 0 aliphatic carbocycles. The Morgan fingerprint density at radius 1 is 1.35 bits per heavy atom. The lowest BCUT2D eigenvalue weighted by atomic mass is 10.2. The summed E-state index contributed by atoms with van der Waals surface area (Å²) in [6.07, 6.45) is 0. The van der Waals surface area contributed by atoms with E-state index in [0.29, 0.717) is 32.3 Å². The van der Waals surface area contributed by atoms with Gasteiger partial charge in [-0.3, -0.25) is 4.79 Å². The molecule has 1 N–H and O–H groups in total. The van der Waals surface area contributed by atoms with Crippen molar-refractivity contribution in [3.8, 4) is 5.75 Å². The first-order chi connectivity index (χ1) is 9.51. The van der Waals surface area contributed by atoms with Crippen molar-refractivity contribution in [1.29, 1.82) is 0 Å². The lowest BCUT2D eigenvalue weighted by Gasteiger charge is -2.11. The van der Waals surface area contributed by atoms with Crippen LogP contribution in [0.3, 0.4) is 0 Å². The van der Waals surface area contributed by atoms with E-state index in [1.807, 2.05) is 6.92 Å². The van der Waals surface area contributed by atoms with Gasteiger partial charge in [0.2, 0.25) is 0 Å². The SMILES string of the molecule is COc1ccc(Cl)cc1C(=O)Nc1ccc(Br)nc1C. The molecule has 0 fully saturated rings. The molecular weight excluding hydrogens is 344 g/mol. The Balaban J connectivity index is 2.30. The van der Waals surface area contributed by atoms with Gasteiger partial charge in [0.1, 0.15) is 10.4 Å². The van der Waals surface area contributed by atoms with Gasteiger partial charge in [-0.25, -0.2) is 4.98 Å². The molecule has 104 valence electrons. The molecule has 0 atom stereocenters. The summed E-state index contributed by atoms with van der Waals surface area (Å²) in [6.45, 7) is 1.82. The van der Waals surface area contributed by atoms with Gasteiger partial charge in [-0.05, 0) is 53.2 Å². The Bertz CT molecular complexity index is 662. The molecule has 0 radical (unpaired) electrons. The number of pyridine rings is 1. The number of methoxy groups -OCH3 is 1. The Kier molecular flexibility index (Phi) is 4.62. The highest BCUT2D eigenvalue weighted by Gasteiger charge is 2.14. The van der Waals surface area contributed by atoms with Gasteiger partial charge in [0.05, 0.1) is 24.1 Å². The first-order valence-electron chi connectivity index (χ1n) is 5.79. The number of aromatic nitrogens is 1. The van der Waals surface area contributed by atoms with Crippen LogP contribution >= 0.6 is 27.5 Å². The molecule has 1 aromatic carbocycles. The average Bonchev–Trinajstić information content (AvgIpc) is 2.41. The predicted molar refractivity (Wildman–Crippen MR) is 82.6 cm³/mol. The third-order valence-electron chi connectivity index (χ3n) is 2.71. The van der Waals surface area contributed by atoms with Gasteiger partial charge in [0, 0.05) is 5.02 Å². The molecule has 0 aliphatic heterocycles. The third-order valence-corrected chi connectivity index (χ3v) is 3.38. The largest absolute Gasteiger partial charge is 0.496 e. The number of rotatable bonds is 3. The van der Waals surface area contributed by atoms with E-state index in [9.17, 15) is 4.79 Å². The van der Waals surface area contributed by atoms with Crippen LogP contribution in [-0.4, -0.2) is 18.0 Å². The van der Waals surface area contributed by atoms with E-state index in [0.717, 1.165) is 0 Å². The normalized spacial score (nSPS) is 10.2. The molecular formula is C14H12BrClN2O2. The molecule has 0 bridgehead atoms. The van der Waals surface area contributed by atoms with Gasteiger partial charge in [0.25, 0.3) is 5.91 Å². The van der Waals surface area contributed by atoms with Gasteiger partial charge in [0.15, 0.2) is 0 Å². The smallest absolute Gasteiger partial charge is 0.259 e. The number of benzene rings is 1. The molecule has 20 heavy (non-hydrogen) atoms. The standard InChI is InChI=1S/C14H12BrClN2O2/c1-8-11(4-6-13(15)17-8)18-14(19)10-7-9(16)3-5-12(10)20-2/h3-7H,1-2H3,(H,18,19). The number of hydrogen-bond acceptors (Lipinski definition) is 3. The lowest BCUT2D eigenvalue weighted by Crippen LogP contribution is -2.14. The van der Waals surface area contributed by atoms with E-state index in [1.54, 1.807) is 30.3 Å². The van der Waals surface area contributed by atoms with Crippen molar-refractivity contribution >= 4 is 39.1 Å². The van der Waals surface area contributed by atoms with E-state index in [2.05, 4.69) is 26.2 Å². The summed E-state index contributed by atoms with van der Waals surface area (Å²) >= 11 is 9.20. The minimum atomic E-state index is -0.295. The second-order valence-electron chi connectivity index (χ2n) is 4.07. The summed E-state index contributed by atoms with van der Waals surface area (Å²) in [7, 11) is 1.51. The molecule has 1 heterocycles. The number of carbonyl (C=O) groups is 1. The number of halogens is 2. The number of aryl methyl sites for hydroxylation is 1. The molecule has 0 unspecified atom stereocenters. The summed E-state index contributed by atoms with van der Waals surface area (Å²) in [5, 5.41) is 3.27. The Labute approximate surface area is 130 Å². The topological polar surface area (TPSA) is 51.2 Å². The van der Waals surface area contributed by atoms with E-state index in [1.165, 1.54) is 7.11 Å². The zero-order valence-corrected chi connectivity index (χ0v) is 13.2. The van der Waals surface area contributed by atoms with Crippen LogP contribution in [0.15, 0.2) is 34.9 Å². The van der Waals surface area contributed by atoms with Crippen LogP contribution in [-0.2, 0) is 0 Å². The van der Waals surface area contributed by atoms with Crippen LogP contribution < -0.4 is 10.1 Å². The number of nitrogens with one attached hydrogen (secondary N) is 1. The summed E-state index contributed by atoms with van der Waals surface area (Å²) in [5.74, 6) is 0.172. The Hall–Kier alpha value is -1.59. The summed E-state index contributed by atoms with van der Waals surface area (Å²) in [6, 6.07) is 8.43. The molecule has 2 aromatic rings. The highest BCUT2D eigenvalue weighted by Crippen LogP contribution is 2.24.